The van der Waals surface area contributed by atoms with Gasteiger partial charge in [-0.1, -0.05) is 68.5 Å². The molecule has 0 amide bonds. The van der Waals surface area contributed by atoms with E-state index in [0.29, 0.717) is 0 Å². The summed E-state index contributed by atoms with van der Waals surface area (Å²) in [7, 11) is 0. The van der Waals surface area contributed by atoms with E-state index in [4.69, 9.17) is 0 Å². The van der Waals surface area contributed by atoms with E-state index in [1.165, 1.54) is 39.0 Å². The first-order valence-electron chi connectivity index (χ1n) is 7.54. The van der Waals surface area contributed by atoms with E-state index in [9.17, 15) is 0 Å². The van der Waals surface area contributed by atoms with Crippen LogP contribution in [0, 0.1) is 6.92 Å². The molecule has 0 bridgehead atoms. The number of hydrogen-bond acceptors (Lipinski definition) is 0. The van der Waals surface area contributed by atoms with Crippen molar-refractivity contribution in [2.24, 2.45) is 0 Å². The molecule has 0 heteroatoms. The molecule has 0 unspecified atom stereocenters. The van der Waals surface area contributed by atoms with Crippen molar-refractivity contribution in [1.29, 1.82) is 0 Å². The van der Waals surface area contributed by atoms with Crippen LogP contribution in [0.2, 0.25) is 0 Å². The monoisotopic (exact) mass is 274 g/mol. The average molecular weight is 274 g/mol. The van der Waals surface area contributed by atoms with E-state index in [2.05, 4.69) is 76.7 Å². The van der Waals surface area contributed by atoms with Crippen LogP contribution in [0.4, 0.5) is 0 Å². The van der Waals surface area contributed by atoms with Gasteiger partial charge in [0.05, 0.1) is 0 Å². The maximum atomic E-state index is 3.92. The Morgan fingerprint density at radius 3 is 2.24 bits per heavy atom. The summed E-state index contributed by atoms with van der Waals surface area (Å²) < 4.78 is 0. The zero-order chi connectivity index (χ0) is 15.2. The van der Waals surface area contributed by atoms with E-state index < -0.39 is 0 Å². The first kappa shape index (κ1) is 13.9. The molecule has 0 N–H and O–H groups in total. The minimum Gasteiger partial charge on any atom is -0.0985 e. The second-order valence-corrected chi connectivity index (χ2v) is 6.38. The molecule has 106 valence electrons. The second-order valence-electron chi connectivity index (χ2n) is 6.38. The molecule has 3 rings (SSSR count). The summed E-state index contributed by atoms with van der Waals surface area (Å²) in [6.07, 6.45) is 4.05. The largest absolute Gasteiger partial charge is 0.0985 e. The average Bonchev–Trinajstić information content (AvgIpc) is 2.69. The second kappa shape index (κ2) is 4.73. The van der Waals surface area contributed by atoms with Crippen molar-refractivity contribution in [2.75, 3.05) is 0 Å². The molecule has 2 aromatic carbocycles. The molecule has 21 heavy (non-hydrogen) atoms. The van der Waals surface area contributed by atoms with Crippen LogP contribution in [0.15, 0.2) is 55.1 Å². The third-order valence-corrected chi connectivity index (χ3v) is 4.70. The lowest BCUT2D eigenvalue weighted by Crippen LogP contribution is -2.15. The van der Waals surface area contributed by atoms with Gasteiger partial charge in [0.1, 0.15) is 0 Å². The molecule has 0 spiro atoms. The van der Waals surface area contributed by atoms with Crippen molar-refractivity contribution in [3.05, 3.63) is 77.4 Å². The lowest BCUT2D eigenvalue weighted by Gasteiger charge is -2.22. The summed E-state index contributed by atoms with van der Waals surface area (Å²) in [6, 6.07) is 13.6. The van der Waals surface area contributed by atoms with Gasteiger partial charge in [0.25, 0.3) is 0 Å². The number of aryl methyl sites for hydroxylation is 1. The smallest absolute Gasteiger partial charge is 0.0159 e. The standard InChI is InChI=1S/C21H22/c1-6-15(7-2)16-9-11-18-17-10-8-14(3)12-19(17)21(4,5)20(18)13-16/h6-13H,1H2,2-5H3/b15-7+. The van der Waals surface area contributed by atoms with E-state index in [1.807, 2.05) is 6.08 Å². The molecule has 0 atom stereocenters. The fourth-order valence-electron chi connectivity index (χ4n) is 3.43. The van der Waals surface area contributed by atoms with Crippen LogP contribution in [-0.2, 0) is 5.41 Å². The highest BCUT2D eigenvalue weighted by Crippen LogP contribution is 2.49. The normalized spacial score (nSPS) is 15.5. The molecule has 0 saturated carbocycles. The zero-order valence-electron chi connectivity index (χ0n) is 13.3. The lowest BCUT2D eigenvalue weighted by atomic mass is 9.81. The Kier molecular flexibility index (Phi) is 3.13. The van der Waals surface area contributed by atoms with Gasteiger partial charge in [-0.15, -0.1) is 0 Å². The molecular weight excluding hydrogens is 252 g/mol. The van der Waals surface area contributed by atoms with Crippen molar-refractivity contribution >= 4 is 5.57 Å². The molecule has 0 heterocycles. The third-order valence-electron chi connectivity index (χ3n) is 4.70. The van der Waals surface area contributed by atoms with Crippen LogP contribution >= 0.6 is 0 Å². The van der Waals surface area contributed by atoms with Gasteiger partial charge in [0.15, 0.2) is 0 Å². The lowest BCUT2D eigenvalue weighted by molar-refractivity contribution is 0.659. The van der Waals surface area contributed by atoms with Crippen LogP contribution in [0.25, 0.3) is 16.7 Å². The van der Waals surface area contributed by atoms with Crippen molar-refractivity contribution in [2.45, 2.75) is 33.1 Å². The Bertz CT molecular complexity index is 758. The predicted octanol–water partition coefficient (Wildman–Crippen LogP) is 5.89. The number of fused-ring (bicyclic) bond motifs is 3. The fraction of sp³-hybridized carbons (Fsp3) is 0.238. The molecule has 0 radical (unpaired) electrons. The van der Waals surface area contributed by atoms with Gasteiger partial charge in [-0.2, -0.15) is 0 Å². The minimum atomic E-state index is 0.0622. The molecule has 2 aromatic rings. The Morgan fingerprint density at radius 1 is 1.00 bits per heavy atom. The summed E-state index contributed by atoms with van der Waals surface area (Å²) in [5.41, 5.74) is 9.45. The van der Waals surface area contributed by atoms with Crippen molar-refractivity contribution in [1.82, 2.24) is 0 Å². The molecule has 0 aliphatic heterocycles. The summed E-state index contributed by atoms with van der Waals surface area (Å²) in [4.78, 5) is 0. The highest BCUT2D eigenvalue weighted by atomic mass is 14.4. The highest BCUT2D eigenvalue weighted by molar-refractivity contribution is 5.84. The van der Waals surface area contributed by atoms with Gasteiger partial charge in [0, 0.05) is 5.41 Å². The van der Waals surface area contributed by atoms with Crippen LogP contribution < -0.4 is 0 Å². The van der Waals surface area contributed by atoms with Gasteiger partial charge >= 0.3 is 0 Å². The molecular formula is C21H22. The SMILES string of the molecule is C=C/C(=C\C)c1ccc2c(c1)C(C)(C)c1cc(C)ccc1-2. The Balaban J connectivity index is 2.25. The maximum absolute atomic E-state index is 3.92. The summed E-state index contributed by atoms with van der Waals surface area (Å²) in [6.45, 7) is 12.8. The summed E-state index contributed by atoms with van der Waals surface area (Å²) >= 11 is 0. The van der Waals surface area contributed by atoms with Gasteiger partial charge in [-0.25, -0.2) is 0 Å². The van der Waals surface area contributed by atoms with Gasteiger partial charge in [-0.3, -0.25) is 0 Å². The van der Waals surface area contributed by atoms with Crippen molar-refractivity contribution < 1.29 is 0 Å². The molecule has 0 saturated heterocycles. The maximum Gasteiger partial charge on any atom is 0.0159 e. The van der Waals surface area contributed by atoms with Crippen molar-refractivity contribution in [3.8, 4) is 11.1 Å². The quantitative estimate of drug-likeness (QED) is 0.599. The third kappa shape index (κ3) is 1.98. The van der Waals surface area contributed by atoms with Gasteiger partial charge < -0.3 is 0 Å². The Hall–Kier alpha value is -2.08. The Labute approximate surface area is 127 Å². The van der Waals surface area contributed by atoms with Crippen molar-refractivity contribution in [3.63, 3.8) is 0 Å². The number of benzene rings is 2. The van der Waals surface area contributed by atoms with Crippen LogP contribution in [0.5, 0.6) is 0 Å². The first-order chi connectivity index (χ1) is 9.98. The highest BCUT2D eigenvalue weighted by Gasteiger charge is 2.35. The van der Waals surface area contributed by atoms with Gasteiger partial charge in [0.2, 0.25) is 0 Å². The van der Waals surface area contributed by atoms with E-state index in [-0.39, 0.29) is 5.41 Å². The minimum absolute atomic E-state index is 0.0622. The first-order valence-corrected chi connectivity index (χ1v) is 7.54. The van der Waals surface area contributed by atoms with Gasteiger partial charge in [-0.05, 0) is 53.3 Å². The fourth-order valence-corrected chi connectivity index (χ4v) is 3.43. The molecule has 0 nitrogen and oxygen atoms in total. The van der Waals surface area contributed by atoms with Crippen LogP contribution in [0.3, 0.4) is 0 Å². The number of allylic oxidation sites excluding steroid dienone is 3. The van der Waals surface area contributed by atoms with E-state index in [0.717, 1.165) is 0 Å². The number of hydrogen-bond donors (Lipinski definition) is 0. The molecule has 1 aliphatic rings. The predicted molar refractivity (Wildman–Crippen MR) is 92.6 cm³/mol. The van der Waals surface area contributed by atoms with E-state index in [1.54, 1.807) is 0 Å². The number of rotatable bonds is 2. The summed E-state index contributed by atoms with van der Waals surface area (Å²) in [5, 5.41) is 0. The van der Waals surface area contributed by atoms with E-state index >= 15 is 0 Å². The molecule has 0 aromatic heterocycles. The van der Waals surface area contributed by atoms with Crippen LogP contribution in [0.1, 0.15) is 43.0 Å². The molecule has 0 fully saturated rings. The summed E-state index contributed by atoms with van der Waals surface area (Å²) in [5.74, 6) is 0. The topological polar surface area (TPSA) is 0 Å². The molecule has 1 aliphatic carbocycles. The zero-order valence-corrected chi connectivity index (χ0v) is 13.3. The Morgan fingerprint density at radius 2 is 1.62 bits per heavy atom. The van der Waals surface area contributed by atoms with Crippen LogP contribution in [-0.4, -0.2) is 0 Å².